The molecule has 0 saturated carbocycles. The molecule has 0 saturated heterocycles. The van der Waals surface area contributed by atoms with Crippen LogP contribution in [-0.2, 0) is 0 Å². The zero-order chi connectivity index (χ0) is 17.1. The summed E-state index contributed by atoms with van der Waals surface area (Å²) >= 11 is 1.78. The number of hydrogen-bond acceptors (Lipinski definition) is 2. The van der Waals surface area contributed by atoms with E-state index in [1.165, 1.54) is 15.4 Å². The van der Waals surface area contributed by atoms with Crippen LogP contribution in [0.5, 0.6) is 0 Å². The van der Waals surface area contributed by atoms with Gasteiger partial charge in [-0.1, -0.05) is 62.0 Å². The molecule has 0 N–H and O–H groups in total. The second-order valence-corrected chi connectivity index (χ2v) is 7.68. The second kappa shape index (κ2) is 7.27. The van der Waals surface area contributed by atoms with Gasteiger partial charge in [0.15, 0.2) is 0 Å². The van der Waals surface area contributed by atoms with E-state index in [2.05, 4.69) is 45.0 Å². The third kappa shape index (κ3) is 3.41. The van der Waals surface area contributed by atoms with Gasteiger partial charge in [0.1, 0.15) is 0 Å². The molecule has 1 amide bonds. The average Bonchev–Trinajstić information content (AvgIpc) is 2.92. The van der Waals surface area contributed by atoms with Crippen molar-refractivity contribution >= 4 is 17.7 Å². The predicted molar refractivity (Wildman–Crippen MR) is 101 cm³/mol. The molecule has 0 unspecified atom stereocenters. The SMILES string of the molecule is CC1=C(Sc2ccccc2)CN(C(=O)c2ccccc2)[C@H]1C(C)C. The fourth-order valence-corrected chi connectivity index (χ4v) is 4.39. The smallest absolute Gasteiger partial charge is 0.254 e. The predicted octanol–water partition coefficient (Wildman–Crippen LogP) is 5.23. The van der Waals surface area contributed by atoms with Crippen molar-refractivity contribution in [2.24, 2.45) is 5.92 Å². The van der Waals surface area contributed by atoms with Crippen LogP contribution in [-0.4, -0.2) is 23.4 Å². The van der Waals surface area contributed by atoms with E-state index in [1.807, 2.05) is 41.3 Å². The fourth-order valence-electron chi connectivity index (χ4n) is 3.32. The lowest BCUT2D eigenvalue weighted by molar-refractivity contribution is 0.0713. The number of hydrogen-bond donors (Lipinski definition) is 0. The summed E-state index contributed by atoms with van der Waals surface area (Å²) in [5.41, 5.74) is 2.09. The van der Waals surface area contributed by atoms with Crippen molar-refractivity contribution < 1.29 is 4.79 Å². The normalized spacial score (nSPS) is 17.7. The topological polar surface area (TPSA) is 20.3 Å². The molecule has 3 rings (SSSR count). The first-order valence-electron chi connectivity index (χ1n) is 8.36. The molecule has 0 bridgehead atoms. The molecule has 2 aromatic carbocycles. The zero-order valence-electron chi connectivity index (χ0n) is 14.4. The second-order valence-electron chi connectivity index (χ2n) is 6.51. The molecule has 1 aliphatic rings. The van der Waals surface area contributed by atoms with Crippen LogP contribution in [0, 0.1) is 5.92 Å². The van der Waals surface area contributed by atoms with Gasteiger partial charge in [-0.05, 0) is 42.7 Å². The van der Waals surface area contributed by atoms with Crippen LogP contribution in [0.2, 0.25) is 0 Å². The molecule has 0 fully saturated rings. The Labute approximate surface area is 148 Å². The zero-order valence-corrected chi connectivity index (χ0v) is 15.2. The molecule has 0 spiro atoms. The fraction of sp³-hybridized carbons (Fsp3) is 0.286. The molecule has 3 heteroatoms. The monoisotopic (exact) mass is 337 g/mol. The highest BCUT2D eigenvalue weighted by Gasteiger charge is 2.36. The number of amides is 1. The van der Waals surface area contributed by atoms with Gasteiger partial charge in [0.2, 0.25) is 0 Å². The van der Waals surface area contributed by atoms with Crippen molar-refractivity contribution in [3.8, 4) is 0 Å². The summed E-state index contributed by atoms with van der Waals surface area (Å²) in [6, 6.07) is 20.1. The molecule has 1 atom stereocenters. The third-order valence-corrected chi connectivity index (χ3v) is 5.64. The van der Waals surface area contributed by atoms with Crippen LogP contribution in [0.4, 0.5) is 0 Å². The van der Waals surface area contributed by atoms with Crippen LogP contribution >= 0.6 is 11.8 Å². The third-order valence-electron chi connectivity index (χ3n) is 4.43. The van der Waals surface area contributed by atoms with Crippen LogP contribution in [0.15, 0.2) is 76.0 Å². The average molecular weight is 337 g/mol. The van der Waals surface area contributed by atoms with Gasteiger partial charge in [-0.3, -0.25) is 4.79 Å². The quantitative estimate of drug-likeness (QED) is 0.761. The lowest BCUT2D eigenvalue weighted by Crippen LogP contribution is -2.40. The Morgan fingerprint density at radius 2 is 1.62 bits per heavy atom. The first-order chi connectivity index (χ1) is 11.6. The Morgan fingerprint density at radius 1 is 1.04 bits per heavy atom. The minimum atomic E-state index is 0.123. The van der Waals surface area contributed by atoms with E-state index < -0.39 is 0 Å². The molecule has 124 valence electrons. The molecular weight excluding hydrogens is 314 g/mol. The van der Waals surface area contributed by atoms with Crippen molar-refractivity contribution in [3.05, 3.63) is 76.7 Å². The van der Waals surface area contributed by atoms with Gasteiger partial charge in [0, 0.05) is 15.4 Å². The summed E-state index contributed by atoms with van der Waals surface area (Å²) in [7, 11) is 0. The van der Waals surface area contributed by atoms with E-state index >= 15 is 0 Å². The van der Waals surface area contributed by atoms with E-state index in [0.29, 0.717) is 12.5 Å². The molecule has 0 radical (unpaired) electrons. The lowest BCUT2D eigenvalue weighted by atomic mass is 9.97. The Hall–Kier alpha value is -2.00. The van der Waals surface area contributed by atoms with Crippen molar-refractivity contribution in [2.75, 3.05) is 6.54 Å². The molecule has 24 heavy (non-hydrogen) atoms. The van der Waals surface area contributed by atoms with Crippen LogP contribution in [0.1, 0.15) is 31.1 Å². The van der Waals surface area contributed by atoms with Crippen molar-refractivity contribution in [1.29, 1.82) is 0 Å². The van der Waals surface area contributed by atoms with E-state index in [-0.39, 0.29) is 11.9 Å². The van der Waals surface area contributed by atoms with Crippen molar-refractivity contribution in [3.63, 3.8) is 0 Å². The number of nitrogens with zero attached hydrogens (tertiary/aromatic N) is 1. The summed E-state index contributed by atoms with van der Waals surface area (Å²) in [6.45, 7) is 7.25. The molecule has 2 aromatic rings. The van der Waals surface area contributed by atoms with Crippen molar-refractivity contribution in [2.45, 2.75) is 31.7 Å². The standard InChI is InChI=1S/C21H23NOS/c1-15(2)20-16(3)19(24-18-12-8-5-9-13-18)14-22(20)21(23)17-10-6-4-7-11-17/h4-13,15,20H,14H2,1-3H3/t20-/m0/s1. The van der Waals surface area contributed by atoms with Gasteiger partial charge >= 0.3 is 0 Å². The van der Waals surface area contributed by atoms with Gasteiger partial charge in [-0.2, -0.15) is 0 Å². The van der Waals surface area contributed by atoms with Crippen LogP contribution in [0.25, 0.3) is 0 Å². The van der Waals surface area contributed by atoms with Crippen LogP contribution in [0.3, 0.4) is 0 Å². The summed E-state index contributed by atoms with van der Waals surface area (Å²) in [5, 5.41) is 0. The summed E-state index contributed by atoms with van der Waals surface area (Å²) in [5.74, 6) is 0.517. The first kappa shape index (κ1) is 16.8. The highest BCUT2D eigenvalue weighted by Crippen LogP contribution is 2.39. The van der Waals surface area contributed by atoms with Gasteiger partial charge in [-0.25, -0.2) is 0 Å². The van der Waals surface area contributed by atoms with Crippen molar-refractivity contribution in [1.82, 2.24) is 4.90 Å². The Bertz CT molecular complexity index is 737. The van der Waals surface area contributed by atoms with Gasteiger partial charge in [0.05, 0.1) is 12.6 Å². The number of rotatable bonds is 4. The highest BCUT2D eigenvalue weighted by molar-refractivity contribution is 8.03. The van der Waals surface area contributed by atoms with Gasteiger partial charge in [-0.15, -0.1) is 0 Å². The molecule has 0 aliphatic carbocycles. The van der Waals surface area contributed by atoms with E-state index in [4.69, 9.17) is 0 Å². The number of benzene rings is 2. The van der Waals surface area contributed by atoms with E-state index in [0.717, 1.165) is 5.56 Å². The van der Waals surface area contributed by atoms with Gasteiger partial charge < -0.3 is 4.90 Å². The summed E-state index contributed by atoms with van der Waals surface area (Å²) in [6.07, 6.45) is 0. The maximum atomic E-state index is 13.0. The van der Waals surface area contributed by atoms with E-state index in [1.54, 1.807) is 11.8 Å². The highest BCUT2D eigenvalue weighted by atomic mass is 32.2. The lowest BCUT2D eigenvalue weighted by Gasteiger charge is -2.29. The van der Waals surface area contributed by atoms with Gasteiger partial charge in [0.25, 0.3) is 5.91 Å². The number of thioether (sulfide) groups is 1. The maximum Gasteiger partial charge on any atom is 0.254 e. The summed E-state index contributed by atoms with van der Waals surface area (Å²) < 4.78 is 0. The van der Waals surface area contributed by atoms with E-state index in [9.17, 15) is 4.79 Å². The molecular formula is C21H23NOS. The minimum Gasteiger partial charge on any atom is -0.327 e. The molecule has 2 nitrogen and oxygen atoms in total. The Kier molecular flexibility index (Phi) is 5.10. The Morgan fingerprint density at radius 3 is 2.21 bits per heavy atom. The molecule has 1 heterocycles. The van der Waals surface area contributed by atoms with Crippen LogP contribution < -0.4 is 0 Å². The largest absolute Gasteiger partial charge is 0.327 e. The maximum absolute atomic E-state index is 13.0. The number of carbonyl (C=O) groups is 1. The minimum absolute atomic E-state index is 0.123. The molecule has 0 aromatic heterocycles. The summed E-state index contributed by atoms with van der Waals surface area (Å²) in [4.78, 5) is 17.5. The molecule has 1 aliphatic heterocycles. The first-order valence-corrected chi connectivity index (χ1v) is 9.18. The Balaban J connectivity index is 1.86. The number of carbonyl (C=O) groups excluding carboxylic acids is 1.